The standard InChI is InChI=1S/C41H42N10O7S/c1-59(57,58)30-13-6-26(7-14-30)33-4-2-5-35-45-41(47-51(33)35)44-27-8-11-29(12-9-27)49-22-20-48(21-23-49)25-37(53)43-19-3-18-42-28-10-15-31-32(24-28)40(56)50(39(31)55)34-16-17-36(52)46-38(34)54/h2,4-15,24,34,42H,3,16-23,25H2,1H3,(H,43,53)(H,44,47)(H,46,52,54). The summed E-state index contributed by atoms with van der Waals surface area (Å²) in [5, 5.41) is 16.3. The van der Waals surface area contributed by atoms with Crippen LogP contribution in [0.4, 0.5) is 23.0 Å². The summed E-state index contributed by atoms with van der Waals surface area (Å²) in [6.45, 7) is 4.30. The molecule has 5 amide bonds. The van der Waals surface area contributed by atoms with Crippen LogP contribution in [0.3, 0.4) is 0 Å². The third-order valence-electron chi connectivity index (χ3n) is 10.6. The maximum Gasteiger partial charge on any atom is 0.262 e. The molecule has 3 aliphatic rings. The molecular weight excluding hydrogens is 777 g/mol. The SMILES string of the molecule is CS(=O)(=O)c1ccc(-c2cccc3nc(Nc4ccc(N5CCN(CC(=O)NCCCNc6ccc7c(c6)C(=O)N(C6CCC(=O)NC6=O)C7=O)CC5)cc4)nn23)cc1. The Morgan fingerprint density at radius 3 is 2.31 bits per heavy atom. The molecule has 59 heavy (non-hydrogen) atoms. The van der Waals surface area contributed by atoms with Crippen LogP contribution in [0, 0.1) is 0 Å². The number of hydrogen-bond donors (Lipinski definition) is 4. The first-order valence-corrected chi connectivity index (χ1v) is 21.2. The van der Waals surface area contributed by atoms with E-state index in [1.165, 1.54) is 6.26 Å². The average molecular weight is 819 g/mol. The highest BCUT2D eigenvalue weighted by atomic mass is 32.2. The number of pyridine rings is 1. The number of aromatic nitrogens is 3. The van der Waals surface area contributed by atoms with Crippen LogP contribution < -0.4 is 26.2 Å². The van der Waals surface area contributed by atoms with Gasteiger partial charge in [0.1, 0.15) is 6.04 Å². The molecule has 0 radical (unpaired) electrons. The third kappa shape index (κ3) is 8.49. The number of nitrogens with one attached hydrogen (secondary N) is 4. The van der Waals surface area contributed by atoms with Crippen LogP contribution in [0.5, 0.6) is 0 Å². The summed E-state index contributed by atoms with van der Waals surface area (Å²) in [5.41, 5.74) is 5.20. The Bertz CT molecular complexity index is 2570. The highest BCUT2D eigenvalue weighted by molar-refractivity contribution is 7.90. The zero-order valence-corrected chi connectivity index (χ0v) is 33.0. The zero-order chi connectivity index (χ0) is 41.3. The number of fused-ring (bicyclic) bond motifs is 2. The van der Waals surface area contributed by atoms with Crippen molar-refractivity contribution in [2.45, 2.75) is 30.2 Å². The van der Waals surface area contributed by atoms with Crippen molar-refractivity contribution in [1.29, 1.82) is 0 Å². The molecule has 1 unspecified atom stereocenters. The van der Waals surface area contributed by atoms with Gasteiger partial charge in [0, 0.05) is 74.6 Å². The van der Waals surface area contributed by atoms with Crippen molar-refractivity contribution in [3.63, 3.8) is 0 Å². The highest BCUT2D eigenvalue weighted by Gasteiger charge is 2.44. The summed E-state index contributed by atoms with van der Waals surface area (Å²) < 4.78 is 25.5. The van der Waals surface area contributed by atoms with Crippen molar-refractivity contribution in [2.75, 3.05) is 67.6 Å². The number of carbonyl (C=O) groups excluding carboxylic acids is 5. The average Bonchev–Trinajstić information content (AvgIpc) is 3.74. The summed E-state index contributed by atoms with van der Waals surface area (Å²) in [7, 11) is -3.30. The maximum atomic E-state index is 13.1. The minimum Gasteiger partial charge on any atom is -0.385 e. The molecule has 2 fully saturated rings. The van der Waals surface area contributed by atoms with E-state index in [-0.39, 0.29) is 34.8 Å². The molecule has 3 aliphatic heterocycles. The molecule has 0 aliphatic carbocycles. The third-order valence-corrected chi connectivity index (χ3v) is 11.7. The van der Waals surface area contributed by atoms with Crippen LogP contribution in [-0.4, -0.2) is 120 Å². The molecule has 17 nitrogen and oxygen atoms in total. The van der Waals surface area contributed by atoms with Crippen molar-refractivity contribution in [3.8, 4) is 11.3 Å². The van der Waals surface area contributed by atoms with Gasteiger partial charge in [0.15, 0.2) is 15.5 Å². The van der Waals surface area contributed by atoms with Crippen LogP contribution in [-0.2, 0) is 24.2 Å². The molecule has 18 heteroatoms. The topological polar surface area (TPSA) is 208 Å². The lowest BCUT2D eigenvalue weighted by Crippen LogP contribution is -2.54. The van der Waals surface area contributed by atoms with E-state index in [0.717, 1.165) is 53.7 Å². The minimum absolute atomic E-state index is 0.0541. The van der Waals surface area contributed by atoms with E-state index in [4.69, 9.17) is 0 Å². The first kappa shape index (κ1) is 39.2. The molecule has 0 saturated carbocycles. The van der Waals surface area contributed by atoms with E-state index < -0.39 is 39.5 Å². The van der Waals surface area contributed by atoms with Gasteiger partial charge in [0.05, 0.1) is 28.3 Å². The Kier molecular flexibility index (Phi) is 10.8. The van der Waals surface area contributed by atoms with Crippen LogP contribution in [0.25, 0.3) is 16.9 Å². The lowest BCUT2D eigenvalue weighted by atomic mass is 10.0. The highest BCUT2D eigenvalue weighted by Crippen LogP contribution is 2.30. The van der Waals surface area contributed by atoms with Gasteiger partial charge < -0.3 is 20.9 Å². The molecular formula is C41H42N10O7S. The fourth-order valence-corrected chi connectivity index (χ4v) is 8.12. The Labute approximate surface area is 339 Å². The maximum absolute atomic E-state index is 13.1. The van der Waals surface area contributed by atoms with Crippen molar-refractivity contribution in [2.24, 2.45) is 0 Å². The van der Waals surface area contributed by atoms with E-state index in [1.54, 1.807) is 47.0 Å². The zero-order valence-electron chi connectivity index (χ0n) is 32.2. The largest absolute Gasteiger partial charge is 0.385 e. The number of benzene rings is 3. The molecule has 8 rings (SSSR count). The van der Waals surface area contributed by atoms with E-state index in [1.807, 2.05) is 42.5 Å². The second-order valence-corrected chi connectivity index (χ2v) is 16.7. The number of carbonyl (C=O) groups is 5. The van der Waals surface area contributed by atoms with Gasteiger partial charge in [-0.15, -0.1) is 5.10 Å². The number of anilines is 4. The Morgan fingerprint density at radius 1 is 0.847 bits per heavy atom. The number of amides is 5. The second kappa shape index (κ2) is 16.3. The minimum atomic E-state index is -3.30. The van der Waals surface area contributed by atoms with Crippen LogP contribution >= 0.6 is 0 Å². The number of rotatable bonds is 13. The summed E-state index contributed by atoms with van der Waals surface area (Å²) in [4.78, 5) is 72.8. The number of sulfone groups is 1. The molecule has 3 aromatic carbocycles. The molecule has 304 valence electrons. The molecule has 4 N–H and O–H groups in total. The van der Waals surface area contributed by atoms with E-state index in [2.05, 4.69) is 41.1 Å². The van der Waals surface area contributed by atoms with Crippen LogP contribution in [0.1, 0.15) is 40.0 Å². The first-order valence-electron chi connectivity index (χ1n) is 19.3. The van der Waals surface area contributed by atoms with E-state index in [0.29, 0.717) is 43.3 Å². The van der Waals surface area contributed by atoms with Gasteiger partial charge >= 0.3 is 0 Å². The van der Waals surface area contributed by atoms with Crippen molar-refractivity contribution >= 4 is 68.0 Å². The smallest absolute Gasteiger partial charge is 0.262 e. The van der Waals surface area contributed by atoms with Gasteiger partial charge in [-0.3, -0.25) is 39.1 Å². The molecule has 2 saturated heterocycles. The number of piperazine rings is 1. The summed E-state index contributed by atoms with van der Waals surface area (Å²) in [6, 6.07) is 24.2. The fourth-order valence-electron chi connectivity index (χ4n) is 7.49. The fraction of sp³-hybridized carbons (Fsp3) is 0.293. The Hall–Kier alpha value is -6.66. The Balaban J connectivity index is 0.756. The lowest BCUT2D eigenvalue weighted by Gasteiger charge is -2.35. The van der Waals surface area contributed by atoms with Gasteiger partial charge in [-0.2, -0.15) is 4.98 Å². The predicted octanol–water partition coefficient (Wildman–Crippen LogP) is 2.69. The first-order chi connectivity index (χ1) is 28.4. The van der Waals surface area contributed by atoms with Crippen LogP contribution in [0.2, 0.25) is 0 Å². The monoisotopic (exact) mass is 818 g/mol. The molecule has 5 heterocycles. The van der Waals surface area contributed by atoms with Crippen molar-refractivity contribution < 1.29 is 32.4 Å². The van der Waals surface area contributed by atoms with Gasteiger partial charge in [-0.25, -0.2) is 12.9 Å². The normalized spacial score (nSPS) is 17.3. The van der Waals surface area contributed by atoms with Crippen LogP contribution in [0.15, 0.2) is 89.8 Å². The summed E-state index contributed by atoms with van der Waals surface area (Å²) >= 11 is 0. The Morgan fingerprint density at radius 2 is 1.58 bits per heavy atom. The van der Waals surface area contributed by atoms with Gasteiger partial charge in [-0.1, -0.05) is 18.2 Å². The lowest BCUT2D eigenvalue weighted by molar-refractivity contribution is -0.136. The van der Waals surface area contributed by atoms with E-state index in [9.17, 15) is 32.4 Å². The van der Waals surface area contributed by atoms with Crippen molar-refractivity contribution in [1.82, 2.24) is 35.0 Å². The van der Waals surface area contributed by atoms with Gasteiger partial charge in [-0.05, 0) is 79.6 Å². The number of piperidine rings is 1. The summed E-state index contributed by atoms with van der Waals surface area (Å²) in [6.07, 6.45) is 1.98. The summed E-state index contributed by atoms with van der Waals surface area (Å²) in [5.74, 6) is -1.80. The van der Waals surface area contributed by atoms with Crippen molar-refractivity contribution in [3.05, 3.63) is 96.1 Å². The predicted molar refractivity (Wildman–Crippen MR) is 219 cm³/mol. The number of hydrogen-bond acceptors (Lipinski definition) is 13. The van der Waals surface area contributed by atoms with Gasteiger partial charge in [0.2, 0.25) is 23.7 Å². The molecule has 2 aromatic heterocycles. The number of nitrogens with zero attached hydrogens (tertiary/aromatic N) is 6. The molecule has 0 spiro atoms. The second-order valence-electron chi connectivity index (χ2n) is 14.7. The number of imide groups is 2. The molecule has 1 atom stereocenters. The van der Waals surface area contributed by atoms with E-state index >= 15 is 0 Å². The molecule has 0 bridgehead atoms. The van der Waals surface area contributed by atoms with Gasteiger partial charge in [0.25, 0.3) is 11.8 Å². The quantitative estimate of drug-likeness (QED) is 0.0998. The molecule has 5 aromatic rings.